The SMILES string of the molecule is CN1CC=Cc2c(B3OC(C)(C)C(C)(C)O3)cc3c(=O)n([C@H]4CCCC[C@@H]4O)cnc3c21. The highest BCUT2D eigenvalue weighted by atomic mass is 16.7. The van der Waals surface area contributed by atoms with Gasteiger partial charge >= 0.3 is 7.12 Å². The highest BCUT2D eigenvalue weighted by Gasteiger charge is 2.52. The van der Waals surface area contributed by atoms with Crippen molar-refractivity contribution in [3.05, 3.63) is 34.4 Å². The Bertz CT molecular complexity index is 1140. The molecule has 0 radical (unpaired) electrons. The zero-order valence-corrected chi connectivity index (χ0v) is 19.6. The highest BCUT2D eigenvalue weighted by Crippen LogP contribution is 2.39. The fraction of sp³-hybridized carbons (Fsp3) is 0.583. The van der Waals surface area contributed by atoms with Crippen molar-refractivity contribution in [2.24, 2.45) is 0 Å². The smallest absolute Gasteiger partial charge is 0.399 e. The summed E-state index contributed by atoms with van der Waals surface area (Å²) in [7, 11) is 1.43. The minimum absolute atomic E-state index is 0.121. The summed E-state index contributed by atoms with van der Waals surface area (Å²) >= 11 is 0. The van der Waals surface area contributed by atoms with Gasteiger partial charge in [-0.3, -0.25) is 9.36 Å². The van der Waals surface area contributed by atoms with E-state index >= 15 is 0 Å². The summed E-state index contributed by atoms with van der Waals surface area (Å²) in [6, 6.07) is 1.66. The van der Waals surface area contributed by atoms with E-state index in [0.717, 1.165) is 42.5 Å². The molecule has 1 N–H and O–H groups in total. The third-order valence-corrected chi connectivity index (χ3v) is 7.73. The number of fused-ring (bicyclic) bond motifs is 3. The Morgan fingerprint density at radius 2 is 1.84 bits per heavy atom. The summed E-state index contributed by atoms with van der Waals surface area (Å²) in [4.78, 5) is 20.5. The lowest BCUT2D eigenvalue weighted by atomic mass is 9.74. The quantitative estimate of drug-likeness (QED) is 0.729. The summed E-state index contributed by atoms with van der Waals surface area (Å²) in [6.45, 7) is 8.85. The van der Waals surface area contributed by atoms with Gasteiger partial charge in [0.2, 0.25) is 0 Å². The molecule has 1 aliphatic carbocycles. The molecule has 2 aromatic rings. The maximum absolute atomic E-state index is 13.7. The molecule has 0 unspecified atom stereocenters. The van der Waals surface area contributed by atoms with E-state index < -0.39 is 24.4 Å². The van der Waals surface area contributed by atoms with Gasteiger partial charge in [-0.25, -0.2) is 4.98 Å². The average molecular weight is 437 g/mol. The third kappa shape index (κ3) is 3.23. The second-order valence-electron chi connectivity index (χ2n) is 10.4. The first kappa shape index (κ1) is 21.7. The van der Waals surface area contributed by atoms with E-state index in [1.807, 2.05) is 40.8 Å². The molecular formula is C24H32BN3O4. The second-order valence-corrected chi connectivity index (χ2v) is 10.4. The van der Waals surface area contributed by atoms with Crippen LogP contribution in [0, 0.1) is 0 Å². The summed E-state index contributed by atoms with van der Waals surface area (Å²) < 4.78 is 14.4. The monoisotopic (exact) mass is 437 g/mol. The molecule has 3 aliphatic rings. The number of rotatable bonds is 2. The fourth-order valence-corrected chi connectivity index (χ4v) is 5.10. The van der Waals surface area contributed by atoms with E-state index in [4.69, 9.17) is 14.3 Å². The number of hydrogen-bond donors (Lipinski definition) is 1. The Balaban J connectivity index is 1.72. The van der Waals surface area contributed by atoms with Crippen LogP contribution in [0.15, 0.2) is 23.3 Å². The van der Waals surface area contributed by atoms with Gasteiger partial charge in [0.25, 0.3) is 5.56 Å². The first-order valence-electron chi connectivity index (χ1n) is 11.6. The van der Waals surface area contributed by atoms with E-state index in [1.165, 1.54) is 0 Å². The molecule has 1 aromatic heterocycles. The molecule has 2 aliphatic heterocycles. The molecule has 8 heteroatoms. The minimum atomic E-state index is -0.581. The van der Waals surface area contributed by atoms with Gasteiger partial charge < -0.3 is 19.3 Å². The van der Waals surface area contributed by atoms with Crippen molar-refractivity contribution in [2.75, 3.05) is 18.5 Å². The Labute approximate surface area is 189 Å². The minimum Gasteiger partial charge on any atom is -0.399 e. The van der Waals surface area contributed by atoms with E-state index in [1.54, 1.807) is 10.9 Å². The summed E-state index contributed by atoms with van der Waals surface area (Å²) in [5, 5.41) is 11.1. The third-order valence-electron chi connectivity index (χ3n) is 7.73. The molecule has 170 valence electrons. The summed E-state index contributed by atoms with van der Waals surface area (Å²) in [6.07, 6.45) is 8.76. The van der Waals surface area contributed by atoms with Crippen molar-refractivity contribution in [3.63, 3.8) is 0 Å². The van der Waals surface area contributed by atoms with Crippen LogP contribution in [0.3, 0.4) is 0 Å². The highest BCUT2D eigenvalue weighted by molar-refractivity contribution is 6.63. The number of anilines is 1. The number of aliphatic hydroxyl groups excluding tert-OH is 1. The number of benzene rings is 1. The van der Waals surface area contributed by atoms with Crippen LogP contribution in [0.2, 0.25) is 0 Å². The van der Waals surface area contributed by atoms with Gasteiger partial charge in [-0.1, -0.05) is 25.0 Å². The van der Waals surface area contributed by atoms with E-state index in [0.29, 0.717) is 17.3 Å². The van der Waals surface area contributed by atoms with E-state index in [2.05, 4.69) is 17.1 Å². The van der Waals surface area contributed by atoms with Crippen molar-refractivity contribution in [1.29, 1.82) is 0 Å². The number of hydrogen-bond acceptors (Lipinski definition) is 6. The van der Waals surface area contributed by atoms with Gasteiger partial charge in [-0.15, -0.1) is 0 Å². The lowest BCUT2D eigenvalue weighted by Gasteiger charge is -2.32. The summed E-state index contributed by atoms with van der Waals surface area (Å²) in [5.74, 6) is 0. The van der Waals surface area contributed by atoms with Crippen molar-refractivity contribution in [1.82, 2.24) is 9.55 Å². The Morgan fingerprint density at radius 1 is 1.16 bits per heavy atom. The van der Waals surface area contributed by atoms with Gasteiger partial charge in [-0.05, 0) is 57.6 Å². The van der Waals surface area contributed by atoms with Crippen LogP contribution in [-0.4, -0.2) is 52.7 Å². The Kier molecular flexibility index (Phi) is 5.04. The molecule has 0 amide bonds. The largest absolute Gasteiger partial charge is 0.495 e. The predicted octanol–water partition coefficient (Wildman–Crippen LogP) is 2.63. The van der Waals surface area contributed by atoms with Crippen LogP contribution < -0.4 is 15.9 Å². The molecule has 0 bridgehead atoms. The van der Waals surface area contributed by atoms with Crippen LogP contribution >= 0.6 is 0 Å². The molecule has 32 heavy (non-hydrogen) atoms. The molecule has 1 saturated carbocycles. The molecule has 1 saturated heterocycles. The van der Waals surface area contributed by atoms with Gasteiger partial charge in [0.05, 0.1) is 40.7 Å². The van der Waals surface area contributed by atoms with E-state index in [-0.39, 0.29) is 11.6 Å². The molecule has 2 fully saturated rings. The molecule has 7 nitrogen and oxygen atoms in total. The molecule has 3 heterocycles. The normalized spacial score (nSPS) is 26.6. The topological polar surface area (TPSA) is 76.8 Å². The first-order chi connectivity index (χ1) is 15.1. The lowest BCUT2D eigenvalue weighted by molar-refractivity contribution is 0.00578. The lowest BCUT2D eigenvalue weighted by Crippen LogP contribution is -2.41. The molecule has 1 aromatic carbocycles. The molecule has 0 spiro atoms. The van der Waals surface area contributed by atoms with Gasteiger partial charge in [0, 0.05) is 13.6 Å². The van der Waals surface area contributed by atoms with Gasteiger partial charge in [-0.2, -0.15) is 0 Å². The Morgan fingerprint density at radius 3 is 2.53 bits per heavy atom. The number of aromatic nitrogens is 2. The van der Waals surface area contributed by atoms with Crippen LogP contribution in [0.5, 0.6) is 0 Å². The molecule has 2 atom stereocenters. The molecular weight excluding hydrogens is 405 g/mol. The maximum atomic E-state index is 13.7. The fourth-order valence-electron chi connectivity index (χ4n) is 5.10. The zero-order chi connectivity index (χ0) is 22.8. The van der Waals surface area contributed by atoms with Crippen LogP contribution in [-0.2, 0) is 9.31 Å². The zero-order valence-electron chi connectivity index (χ0n) is 19.6. The average Bonchev–Trinajstić information content (AvgIpc) is 2.95. The van der Waals surface area contributed by atoms with Crippen molar-refractivity contribution < 1.29 is 14.4 Å². The second kappa shape index (κ2) is 7.44. The predicted molar refractivity (Wildman–Crippen MR) is 128 cm³/mol. The van der Waals surface area contributed by atoms with Gasteiger partial charge in [0.15, 0.2) is 0 Å². The standard InChI is InChI=1S/C24H32BN3O4/c1-23(2)24(3,4)32-25(31-23)17-13-16-20(21-15(17)9-8-12-27(21)5)26-14-28(22(16)30)18-10-6-7-11-19(18)29/h8-9,13-14,18-19,29H,6-7,10-12H2,1-5H3/t18-,19-/m0/s1. The van der Waals surface area contributed by atoms with Crippen LogP contribution in [0.25, 0.3) is 17.0 Å². The Hall–Kier alpha value is -2.16. The van der Waals surface area contributed by atoms with Crippen LogP contribution in [0.4, 0.5) is 5.69 Å². The van der Waals surface area contributed by atoms with Crippen molar-refractivity contribution >= 4 is 35.2 Å². The van der Waals surface area contributed by atoms with Crippen molar-refractivity contribution in [3.8, 4) is 0 Å². The number of likely N-dealkylation sites (N-methyl/N-ethyl adjacent to an activating group) is 1. The maximum Gasteiger partial charge on any atom is 0.495 e. The number of aliphatic hydroxyl groups is 1. The van der Waals surface area contributed by atoms with E-state index in [9.17, 15) is 9.90 Å². The first-order valence-corrected chi connectivity index (χ1v) is 11.6. The summed E-state index contributed by atoms with van der Waals surface area (Å²) in [5.41, 5.74) is 2.34. The number of nitrogens with zero attached hydrogens (tertiary/aromatic N) is 3. The van der Waals surface area contributed by atoms with Gasteiger partial charge in [0.1, 0.15) is 5.52 Å². The van der Waals surface area contributed by atoms with Crippen LogP contribution in [0.1, 0.15) is 65.0 Å². The van der Waals surface area contributed by atoms with Crippen molar-refractivity contribution in [2.45, 2.75) is 76.7 Å². The molecule has 5 rings (SSSR count).